The van der Waals surface area contributed by atoms with Gasteiger partial charge in [0.2, 0.25) is 0 Å². The lowest BCUT2D eigenvalue weighted by Crippen LogP contribution is -2.33. The molecule has 2 amide bonds. The number of hydrogen-bond donors (Lipinski definition) is 2. The zero-order valence-electron chi connectivity index (χ0n) is 15.0. The van der Waals surface area contributed by atoms with Crippen LogP contribution in [0.25, 0.3) is 0 Å². The number of aryl methyl sites for hydroxylation is 1. The molecule has 0 bridgehead atoms. The largest absolute Gasteiger partial charge is 0.376 e. The molecule has 0 radical (unpaired) electrons. The maximum absolute atomic E-state index is 12.4. The second kappa shape index (κ2) is 7.75. The summed E-state index contributed by atoms with van der Waals surface area (Å²) >= 11 is 1.46. The van der Waals surface area contributed by atoms with Crippen molar-refractivity contribution in [3.63, 3.8) is 0 Å². The lowest BCUT2D eigenvalue weighted by atomic mass is 10.1. The molecule has 1 aromatic heterocycles. The van der Waals surface area contributed by atoms with E-state index in [-0.39, 0.29) is 17.9 Å². The Balaban J connectivity index is 1.42. The van der Waals surface area contributed by atoms with Crippen molar-refractivity contribution < 1.29 is 19.1 Å². The molecule has 1 atom stereocenters. The Hall–Kier alpha value is -2.29. The molecule has 1 saturated heterocycles. The summed E-state index contributed by atoms with van der Waals surface area (Å²) in [6.07, 6.45) is 2.66. The molecule has 1 unspecified atom stereocenters. The van der Waals surface area contributed by atoms with Gasteiger partial charge in [0, 0.05) is 18.3 Å². The van der Waals surface area contributed by atoms with Crippen molar-refractivity contribution >= 4 is 29.4 Å². The summed E-state index contributed by atoms with van der Waals surface area (Å²) in [6.45, 7) is 4.26. The Bertz CT molecular complexity index is 874. The first-order chi connectivity index (χ1) is 13.1. The molecule has 0 saturated carbocycles. The standard InChI is InChI=1S/C19H21N3O4S/c1-12-8-16-19(24)21-15-9-13(2-3-17(15)27-22(16)10-12)18(23)20-5-4-14-11-25-6-7-26-14/h2-3,8-10,14H,4-7,11H2,1H3,(H,20,23)(H,21,24). The summed E-state index contributed by atoms with van der Waals surface area (Å²) in [5.41, 5.74) is 2.77. The number of nitrogens with zero attached hydrogens (tertiary/aromatic N) is 1. The molecule has 1 fully saturated rings. The third-order valence-corrected chi connectivity index (χ3v) is 5.53. The monoisotopic (exact) mass is 387 g/mol. The molecule has 1 aromatic carbocycles. The van der Waals surface area contributed by atoms with Crippen molar-refractivity contribution in [1.29, 1.82) is 0 Å². The van der Waals surface area contributed by atoms with Gasteiger partial charge >= 0.3 is 0 Å². The van der Waals surface area contributed by atoms with Gasteiger partial charge in [-0.15, -0.1) is 0 Å². The van der Waals surface area contributed by atoms with E-state index in [1.807, 2.05) is 29.2 Å². The van der Waals surface area contributed by atoms with Crippen molar-refractivity contribution in [1.82, 2.24) is 9.29 Å². The molecule has 2 N–H and O–H groups in total. The number of carbonyl (C=O) groups excluding carboxylic acids is 2. The van der Waals surface area contributed by atoms with Gasteiger partial charge in [-0.3, -0.25) is 13.6 Å². The molecular formula is C19H21N3O4S. The fourth-order valence-electron chi connectivity index (χ4n) is 3.11. The average Bonchev–Trinajstić information content (AvgIpc) is 2.98. The fraction of sp³-hybridized carbons (Fsp3) is 0.368. The summed E-state index contributed by atoms with van der Waals surface area (Å²) in [5, 5.41) is 5.80. The smallest absolute Gasteiger partial charge is 0.273 e. The molecule has 2 aromatic rings. The predicted octanol–water partition coefficient (Wildman–Crippen LogP) is 2.45. The van der Waals surface area contributed by atoms with Gasteiger partial charge in [-0.05, 0) is 55.1 Å². The summed E-state index contributed by atoms with van der Waals surface area (Å²) < 4.78 is 12.8. The quantitative estimate of drug-likeness (QED) is 0.842. The number of fused-ring (bicyclic) bond motifs is 2. The third-order valence-electron chi connectivity index (χ3n) is 4.48. The zero-order chi connectivity index (χ0) is 18.8. The predicted molar refractivity (Wildman–Crippen MR) is 102 cm³/mol. The molecule has 142 valence electrons. The minimum Gasteiger partial charge on any atom is -0.376 e. The maximum Gasteiger partial charge on any atom is 0.273 e. The Kier molecular flexibility index (Phi) is 5.20. The van der Waals surface area contributed by atoms with Crippen LogP contribution in [0.2, 0.25) is 0 Å². The number of ether oxygens (including phenoxy) is 2. The highest BCUT2D eigenvalue weighted by Crippen LogP contribution is 2.34. The molecule has 3 heterocycles. The van der Waals surface area contributed by atoms with Gasteiger partial charge < -0.3 is 20.1 Å². The molecule has 0 aliphatic carbocycles. The first-order valence-electron chi connectivity index (χ1n) is 8.90. The van der Waals surface area contributed by atoms with Crippen LogP contribution in [0.15, 0.2) is 35.4 Å². The minimum absolute atomic E-state index is 0.0278. The first-order valence-corrected chi connectivity index (χ1v) is 9.68. The lowest BCUT2D eigenvalue weighted by molar-refractivity contribution is -0.0899. The van der Waals surface area contributed by atoms with Crippen molar-refractivity contribution in [2.75, 3.05) is 31.7 Å². The summed E-state index contributed by atoms with van der Waals surface area (Å²) in [6, 6.07) is 7.20. The second-order valence-electron chi connectivity index (χ2n) is 6.60. The lowest BCUT2D eigenvalue weighted by Gasteiger charge is -2.22. The Labute approximate surface area is 161 Å². The van der Waals surface area contributed by atoms with E-state index in [2.05, 4.69) is 10.6 Å². The Morgan fingerprint density at radius 3 is 3.07 bits per heavy atom. The second-order valence-corrected chi connectivity index (χ2v) is 7.61. The zero-order valence-corrected chi connectivity index (χ0v) is 15.8. The van der Waals surface area contributed by atoms with Crippen LogP contribution < -0.4 is 10.6 Å². The van der Waals surface area contributed by atoms with E-state index in [0.29, 0.717) is 49.7 Å². The van der Waals surface area contributed by atoms with E-state index in [0.717, 1.165) is 10.5 Å². The highest BCUT2D eigenvalue weighted by atomic mass is 32.2. The number of rotatable bonds is 4. The van der Waals surface area contributed by atoms with Crippen molar-refractivity contribution in [2.45, 2.75) is 24.3 Å². The molecule has 8 heteroatoms. The first kappa shape index (κ1) is 18.1. The van der Waals surface area contributed by atoms with E-state index >= 15 is 0 Å². The van der Waals surface area contributed by atoms with Gasteiger partial charge in [-0.25, -0.2) is 0 Å². The van der Waals surface area contributed by atoms with Crippen LogP contribution in [-0.4, -0.2) is 48.3 Å². The molecule has 4 rings (SSSR count). The number of benzene rings is 1. The molecular weight excluding hydrogens is 366 g/mol. The van der Waals surface area contributed by atoms with Crippen LogP contribution in [-0.2, 0) is 9.47 Å². The fourth-order valence-corrected chi connectivity index (χ4v) is 4.11. The Morgan fingerprint density at radius 1 is 1.37 bits per heavy atom. The highest BCUT2D eigenvalue weighted by Gasteiger charge is 2.22. The van der Waals surface area contributed by atoms with E-state index in [1.54, 1.807) is 12.1 Å². The van der Waals surface area contributed by atoms with Gasteiger partial charge in [-0.1, -0.05) is 0 Å². The van der Waals surface area contributed by atoms with Crippen LogP contribution in [0.1, 0.15) is 32.8 Å². The minimum atomic E-state index is -0.179. The van der Waals surface area contributed by atoms with E-state index in [9.17, 15) is 9.59 Å². The topological polar surface area (TPSA) is 81.6 Å². The number of nitrogens with one attached hydrogen (secondary N) is 2. The number of carbonyl (C=O) groups is 2. The van der Waals surface area contributed by atoms with Crippen LogP contribution in [0.4, 0.5) is 5.69 Å². The number of hydrogen-bond acceptors (Lipinski definition) is 5. The van der Waals surface area contributed by atoms with Gasteiger partial charge in [-0.2, -0.15) is 0 Å². The maximum atomic E-state index is 12.4. The average molecular weight is 387 g/mol. The number of aromatic nitrogens is 1. The third kappa shape index (κ3) is 4.02. The molecule has 2 aliphatic heterocycles. The summed E-state index contributed by atoms with van der Waals surface area (Å²) in [4.78, 5) is 25.8. The van der Waals surface area contributed by atoms with Crippen molar-refractivity contribution in [2.24, 2.45) is 0 Å². The normalized spacial score (nSPS) is 18.9. The molecule has 27 heavy (non-hydrogen) atoms. The van der Waals surface area contributed by atoms with E-state index < -0.39 is 0 Å². The van der Waals surface area contributed by atoms with Gasteiger partial charge in [0.15, 0.2) is 0 Å². The van der Waals surface area contributed by atoms with E-state index in [4.69, 9.17) is 9.47 Å². The van der Waals surface area contributed by atoms with Crippen LogP contribution in [0.5, 0.6) is 0 Å². The van der Waals surface area contributed by atoms with Crippen molar-refractivity contribution in [3.05, 3.63) is 47.3 Å². The van der Waals surface area contributed by atoms with Crippen LogP contribution >= 0.6 is 11.9 Å². The highest BCUT2D eigenvalue weighted by molar-refractivity contribution is 7.98. The summed E-state index contributed by atoms with van der Waals surface area (Å²) in [7, 11) is 0. The van der Waals surface area contributed by atoms with Gasteiger partial charge in [0.25, 0.3) is 11.8 Å². The van der Waals surface area contributed by atoms with E-state index in [1.165, 1.54) is 11.9 Å². The van der Waals surface area contributed by atoms with Gasteiger partial charge in [0.05, 0.1) is 36.5 Å². The van der Waals surface area contributed by atoms with Crippen molar-refractivity contribution in [3.8, 4) is 0 Å². The summed E-state index contributed by atoms with van der Waals surface area (Å²) in [5.74, 6) is -0.352. The molecule has 2 aliphatic rings. The van der Waals surface area contributed by atoms with Crippen LogP contribution in [0, 0.1) is 6.92 Å². The van der Waals surface area contributed by atoms with Crippen LogP contribution in [0.3, 0.4) is 0 Å². The number of anilines is 1. The molecule has 7 nitrogen and oxygen atoms in total. The number of amides is 2. The molecule has 0 spiro atoms. The Morgan fingerprint density at radius 2 is 2.26 bits per heavy atom. The SMILES string of the molecule is Cc1cc2n(c1)Sc1ccc(C(=O)NCCC3COCCO3)cc1NC2=O. The van der Waals surface area contributed by atoms with Gasteiger partial charge in [0.1, 0.15) is 5.69 Å².